The van der Waals surface area contributed by atoms with Crippen molar-refractivity contribution >= 4 is 11.6 Å². The van der Waals surface area contributed by atoms with Crippen LogP contribution in [0.3, 0.4) is 0 Å². The molecule has 1 aliphatic heterocycles. The van der Waals surface area contributed by atoms with Crippen molar-refractivity contribution in [1.82, 2.24) is 5.32 Å². The standard InChI is InChI=1S/C19H30ClNO2/c1-2-3-4-5-6-7-8-15-9-10-17(12-19(15)20)23-18-11-16(14-22)21-13-18/h9-10,12,16,18,21-22H,2-8,11,13-14H2,1H3/t16-,18-/m1/s1. The number of halogens is 1. The van der Waals surface area contributed by atoms with E-state index in [9.17, 15) is 0 Å². The van der Waals surface area contributed by atoms with E-state index in [2.05, 4.69) is 18.3 Å². The molecule has 1 aliphatic rings. The minimum absolute atomic E-state index is 0.118. The molecule has 0 unspecified atom stereocenters. The lowest BCUT2D eigenvalue weighted by atomic mass is 10.0. The molecule has 0 saturated carbocycles. The predicted molar refractivity (Wildman–Crippen MR) is 96.4 cm³/mol. The SMILES string of the molecule is CCCCCCCCc1ccc(O[C@H]2CN[C@@H](CO)C2)cc1Cl. The largest absolute Gasteiger partial charge is 0.489 e. The Kier molecular flexibility index (Phi) is 8.21. The Morgan fingerprint density at radius 3 is 2.70 bits per heavy atom. The summed E-state index contributed by atoms with van der Waals surface area (Å²) in [5, 5.41) is 13.2. The number of unbranched alkanes of at least 4 members (excludes halogenated alkanes) is 5. The van der Waals surface area contributed by atoms with Gasteiger partial charge in [-0.05, 0) is 30.5 Å². The first-order chi connectivity index (χ1) is 11.2. The van der Waals surface area contributed by atoms with E-state index in [4.69, 9.17) is 21.4 Å². The maximum Gasteiger partial charge on any atom is 0.121 e. The van der Waals surface area contributed by atoms with Crippen LogP contribution in [0.4, 0.5) is 0 Å². The average molecular weight is 340 g/mol. The summed E-state index contributed by atoms with van der Waals surface area (Å²) in [5.74, 6) is 0.826. The zero-order chi connectivity index (χ0) is 16.5. The van der Waals surface area contributed by atoms with E-state index in [0.29, 0.717) is 0 Å². The van der Waals surface area contributed by atoms with E-state index in [1.54, 1.807) is 0 Å². The van der Waals surface area contributed by atoms with Gasteiger partial charge >= 0.3 is 0 Å². The number of nitrogens with one attached hydrogen (secondary N) is 1. The van der Waals surface area contributed by atoms with Gasteiger partial charge in [-0.1, -0.05) is 56.7 Å². The lowest BCUT2D eigenvalue weighted by Crippen LogP contribution is -2.25. The summed E-state index contributed by atoms with van der Waals surface area (Å²) in [5.41, 5.74) is 1.22. The Morgan fingerprint density at radius 1 is 1.22 bits per heavy atom. The third-order valence-electron chi connectivity index (χ3n) is 4.53. The van der Waals surface area contributed by atoms with E-state index in [-0.39, 0.29) is 18.8 Å². The van der Waals surface area contributed by atoms with Crippen molar-refractivity contribution in [2.45, 2.75) is 70.4 Å². The van der Waals surface area contributed by atoms with Crippen LogP contribution in [0.15, 0.2) is 18.2 Å². The molecule has 1 saturated heterocycles. The smallest absolute Gasteiger partial charge is 0.121 e. The van der Waals surface area contributed by atoms with Crippen molar-refractivity contribution in [2.24, 2.45) is 0 Å². The number of aliphatic hydroxyl groups excluding tert-OH is 1. The highest BCUT2D eigenvalue weighted by molar-refractivity contribution is 6.31. The molecule has 0 radical (unpaired) electrons. The zero-order valence-electron chi connectivity index (χ0n) is 14.2. The van der Waals surface area contributed by atoms with Crippen molar-refractivity contribution in [2.75, 3.05) is 13.2 Å². The zero-order valence-corrected chi connectivity index (χ0v) is 14.9. The molecule has 2 rings (SSSR count). The van der Waals surface area contributed by atoms with Gasteiger partial charge in [0.25, 0.3) is 0 Å². The molecule has 0 spiro atoms. The summed E-state index contributed by atoms with van der Waals surface area (Å²) in [6, 6.07) is 6.20. The number of rotatable bonds is 10. The minimum Gasteiger partial charge on any atom is -0.489 e. The summed E-state index contributed by atoms with van der Waals surface area (Å²) in [4.78, 5) is 0. The maximum absolute atomic E-state index is 9.14. The van der Waals surface area contributed by atoms with Crippen LogP contribution in [0.5, 0.6) is 5.75 Å². The molecule has 1 heterocycles. The average Bonchev–Trinajstić information content (AvgIpc) is 3.00. The Bertz CT molecular complexity index is 467. The third kappa shape index (κ3) is 6.33. The molecule has 4 heteroatoms. The van der Waals surface area contributed by atoms with Gasteiger partial charge in [0.05, 0.1) is 6.61 Å². The Labute approximate surface area is 145 Å². The van der Waals surface area contributed by atoms with E-state index >= 15 is 0 Å². The van der Waals surface area contributed by atoms with Crippen molar-refractivity contribution in [3.05, 3.63) is 28.8 Å². The molecule has 0 aliphatic carbocycles. The van der Waals surface area contributed by atoms with Crippen LogP contribution < -0.4 is 10.1 Å². The molecule has 1 aromatic carbocycles. The molecule has 1 aromatic rings. The summed E-state index contributed by atoms with van der Waals surface area (Å²) in [6.07, 6.45) is 9.81. The number of ether oxygens (including phenoxy) is 1. The molecular formula is C19H30ClNO2. The normalized spacial score (nSPS) is 20.8. The first-order valence-electron chi connectivity index (χ1n) is 9.02. The van der Waals surface area contributed by atoms with Gasteiger partial charge in [-0.2, -0.15) is 0 Å². The Balaban J connectivity index is 1.74. The Hall–Kier alpha value is -0.770. The highest BCUT2D eigenvalue weighted by Gasteiger charge is 2.24. The predicted octanol–water partition coefficient (Wildman–Crippen LogP) is 4.34. The van der Waals surface area contributed by atoms with E-state index in [1.165, 1.54) is 44.1 Å². The van der Waals surface area contributed by atoms with Crippen molar-refractivity contribution in [3.8, 4) is 5.75 Å². The van der Waals surface area contributed by atoms with Crippen LogP contribution in [0.1, 0.15) is 57.4 Å². The highest BCUT2D eigenvalue weighted by Crippen LogP contribution is 2.26. The first kappa shape index (κ1) is 18.6. The number of benzene rings is 1. The van der Waals surface area contributed by atoms with Crippen LogP contribution in [-0.2, 0) is 6.42 Å². The summed E-state index contributed by atoms with van der Waals surface area (Å²) < 4.78 is 5.96. The number of aliphatic hydroxyl groups is 1. The molecule has 1 fully saturated rings. The molecule has 130 valence electrons. The van der Waals surface area contributed by atoms with Crippen LogP contribution in [0, 0.1) is 0 Å². The Morgan fingerprint density at radius 2 is 2.00 bits per heavy atom. The monoisotopic (exact) mass is 339 g/mol. The van der Waals surface area contributed by atoms with Gasteiger partial charge in [-0.3, -0.25) is 0 Å². The fourth-order valence-electron chi connectivity index (χ4n) is 3.10. The van der Waals surface area contributed by atoms with Gasteiger partial charge in [0, 0.05) is 24.0 Å². The second-order valence-electron chi connectivity index (χ2n) is 6.53. The summed E-state index contributed by atoms with van der Waals surface area (Å²) >= 11 is 6.40. The van der Waals surface area contributed by atoms with Gasteiger partial charge in [0.2, 0.25) is 0 Å². The van der Waals surface area contributed by atoms with Gasteiger partial charge in [0.1, 0.15) is 11.9 Å². The molecule has 2 N–H and O–H groups in total. The highest BCUT2D eigenvalue weighted by atomic mass is 35.5. The van der Waals surface area contributed by atoms with Crippen LogP contribution in [0.2, 0.25) is 5.02 Å². The van der Waals surface area contributed by atoms with Crippen molar-refractivity contribution in [1.29, 1.82) is 0 Å². The van der Waals surface area contributed by atoms with Crippen LogP contribution in [0.25, 0.3) is 0 Å². The van der Waals surface area contributed by atoms with E-state index in [0.717, 1.165) is 30.2 Å². The third-order valence-corrected chi connectivity index (χ3v) is 4.88. The molecule has 2 atom stereocenters. The molecule has 3 nitrogen and oxygen atoms in total. The van der Waals surface area contributed by atoms with Crippen LogP contribution in [-0.4, -0.2) is 30.4 Å². The number of hydrogen-bond donors (Lipinski definition) is 2. The van der Waals surface area contributed by atoms with Gasteiger partial charge < -0.3 is 15.2 Å². The fourth-order valence-corrected chi connectivity index (χ4v) is 3.37. The molecular weight excluding hydrogens is 310 g/mol. The van der Waals surface area contributed by atoms with Gasteiger partial charge in [-0.15, -0.1) is 0 Å². The lowest BCUT2D eigenvalue weighted by Gasteiger charge is -2.14. The second kappa shape index (κ2) is 10.2. The summed E-state index contributed by atoms with van der Waals surface area (Å²) in [7, 11) is 0. The number of hydrogen-bond acceptors (Lipinski definition) is 3. The first-order valence-corrected chi connectivity index (χ1v) is 9.40. The second-order valence-corrected chi connectivity index (χ2v) is 6.94. The van der Waals surface area contributed by atoms with Gasteiger partial charge in [0.15, 0.2) is 0 Å². The lowest BCUT2D eigenvalue weighted by molar-refractivity contribution is 0.206. The quantitative estimate of drug-likeness (QED) is 0.623. The minimum atomic E-state index is 0.118. The fraction of sp³-hybridized carbons (Fsp3) is 0.684. The van der Waals surface area contributed by atoms with E-state index < -0.39 is 0 Å². The van der Waals surface area contributed by atoms with E-state index in [1.807, 2.05) is 12.1 Å². The molecule has 0 aromatic heterocycles. The number of aryl methyl sites for hydroxylation is 1. The summed E-state index contributed by atoms with van der Waals surface area (Å²) in [6.45, 7) is 3.19. The topological polar surface area (TPSA) is 41.5 Å². The maximum atomic E-state index is 9.14. The van der Waals surface area contributed by atoms with Crippen LogP contribution >= 0.6 is 11.6 Å². The van der Waals surface area contributed by atoms with Crippen molar-refractivity contribution < 1.29 is 9.84 Å². The molecule has 0 amide bonds. The molecule has 23 heavy (non-hydrogen) atoms. The van der Waals surface area contributed by atoms with Crippen molar-refractivity contribution in [3.63, 3.8) is 0 Å². The van der Waals surface area contributed by atoms with Gasteiger partial charge in [-0.25, -0.2) is 0 Å². The molecule has 0 bridgehead atoms.